The average molecular weight is 308 g/mol. The molecule has 2 aliphatic rings. The van der Waals surface area contributed by atoms with Gasteiger partial charge in [-0.25, -0.2) is 0 Å². The summed E-state index contributed by atoms with van der Waals surface area (Å²) in [4.78, 5) is 14.5. The Morgan fingerprint density at radius 1 is 1.13 bits per heavy atom. The highest BCUT2D eigenvalue weighted by Crippen LogP contribution is 2.33. The Hall–Kier alpha value is -2.17. The van der Waals surface area contributed by atoms with E-state index < -0.39 is 6.10 Å². The second-order valence-corrected chi connectivity index (χ2v) is 6.30. The van der Waals surface area contributed by atoms with Gasteiger partial charge in [-0.05, 0) is 41.7 Å². The van der Waals surface area contributed by atoms with Crippen molar-refractivity contribution in [1.82, 2.24) is 5.32 Å². The number of carbonyl (C=O) groups excluding carboxylic acids is 1. The smallest absolute Gasteiger partial charge is 0.244 e. The van der Waals surface area contributed by atoms with E-state index >= 15 is 0 Å². The lowest BCUT2D eigenvalue weighted by Gasteiger charge is -2.21. The highest BCUT2D eigenvalue weighted by atomic mass is 16.3. The predicted molar refractivity (Wildman–Crippen MR) is 90.3 cm³/mol. The Balaban J connectivity index is 1.59. The quantitative estimate of drug-likeness (QED) is 0.892. The number of aliphatic hydroxyl groups is 1. The number of β-amino-alcohol motifs (C(OH)–C–C–N with tert-alkyl or cyclic N) is 1. The fourth-order valence-corrected chi connectivity index (χ4v) is 3.53. The number of rotatable bonds is 2. The molecule has 2 aromatic carbocycles. The lowest BCUT2D eigenvalue weighted by molar-refractivity contribution is -0.120. The first kappa shape index (κ1) is 14.4. The summed E-state index contributed by atoms with van der Waals surface area (Å²) in [5.74, 6) is 0.0766. The van der Waals surface area contributed by atoms with Gasteiger partial charge in [0, 0.05) is 18.8 Å². The Labute approximate surface area is 135 Å². The minimum Gasteiger partial charge on any atom is -0.392 e. The number of amides is 1. The van der Waals surface area contributed by atoms with Gasteiger partial charge in [0.15, 0.2) is 0 Å². The summed E-state index contributed by atoms with van der Waals surface area (Å²) in [7, 11) is 0. The van der Waals surface area contributed by atoms with E-state index in [0.29, 0.717) is 13.0 Å². The van der Waals surface area contributed by atoms with Crippen LogP contribution >= 0.6 is 0 Å². The lowest BCUT2D eigenvalue weighted by atomic mass is 10.0. The first-order chi connectivity index (χ1) is 11.2. The Kier molecular flexibility index (Phi) is 3.63. The molecular weight excluding hydrogens is 288 g/mol. The summed E-state index contributed by atoms with van der Waals surface area (Å²) in [6.07, 6.45) is 0.982. The number of nitrogens with zero attached hydrogens (tertiary/aromatic N) is 1. The SMILES string of the molecule is O=C([C@@H]1C[C@H](O)CN1)N1CCc2cc(-c3ccccc3)ccc21. The van der Waals surface area contributed by atoms with E-state index in [1.54, 1.807) is 0 Å². The average Bonchev–Trinajstić information content (AvgIpc) is 3.20. The molecule has 0 bridgehead atoms. The van der Waals surface area contributed by atoms with Crippen molar-refractivity contribution in [3.05, 3.63) is 54.1 Å². The van der Waals surface area contributed by atoms with Crippen LogP contribution in [0.2, 0.25) is 0 Å². The molecule has 1 fully saturated rings. The fourth-order valence-electron chi connectivity index (χ4n) is 3.53. The summed E-state index contributed by atoms with van der Waals surface area (Å²) in [5, 5.41) is 12.7. The summed E-state index contributed by atoms with van der Waals surface area (Å²) >= 11 is 0. The van der Waals surface area contributed by atoms with Gasteiger partial charge >= 0.3 is 0 Å². The molecule has 1 amide bonds. The lowest BCUT2D eigenvalue weighted by Crippen LogP contribution is -2.42. The van der Waals surface area contributed by atoms with Gasteiger partial charge in [-0.1, -0.05) is 36.4 Å². The molecule has 2 atom stereocenters. The summed E-state index contributed by atoms with van der Waals surface area (Å²) in [6, 6.07) is 16.3. The van der Waals surface area contributed by atoms with E-state index in [9.17, 15) is 9.90 Å². The third kappa shape index (κ3) is 2.64. The van der Waals surface area contributed by atoms with E-state index in [0.717, 1.165) is 18.7 Å². The number of carbonyl (C=O) groups is 1. The standard InChI is InChI=1S/C19H20N2O2/c22-16-11-17(20-12-16)19(23)21-9-8-15-10-14(6-7-18(15)21)13-4-2-1-3-5-13/h1-7,10,16-17,20,22H,8-9,11-12H2/t16-,17-/m0/s1. The summed E-state index contributed by atoms with van der Waals surface area (Å²) < 4.78 is 0. The van der Waals surface area contributed by atoms with Crippen molar-refractivity contribution in [2.45, 2.75) is 25.0 Å². The van der Waals surface area contributed by atoms with Crippen molar-refractivity contribution in [2.24, 2.45) is 0 Å². The molecular formula is C19H20N2O2. The van der Waals surface area contributed by atoms with E-state index in [2.05, 4.69) is 29.6 Å². The maximum absolute atomic E-state index is 12.7. The van der Waals surface area contributed by atoms with Gasteiger partial charge in [0.05, 0.1) is 12.1 Å². The summed E-state index contributed by atoms with van der Waals surface area (Å²) in [5.41, 5.74) is 4.62. The van der Waals surface area contributed by atoms with Crippen LogP contribution in [0.25, 0.3) is 11.1 Å². The minimum absolute atomic E-state index is 0.0766. The maximum Gasteiger partial charge on any atom is 0.244 e. The molecule has 2 aliphatic heterocycles. The van der Waals surface area contributed by atoms with Crippen LogP contribution < -0.4 is 10.2 Å². The third-order valence-corrected chi connectivity index (χ3v) is 4.75. The third-order valence-electron chi connectivity index (χ3n) is 4.75. The van der Waals surface area contributed by atoms with Crippen LogP contribution in [0.15, 0.2) is 48.5 Å². The normalized spacial score (nSPS) is 23.1. The molecule has 2 aromatic rings. The van der Waals surface area contributed by atoms with E-state index in [1.165, 1.54) is 16.7 Å². The van der Waals surface area contributed by atoms with E-state index in [4.69, 9.17) is 0 Å². The zero-order valence-electron chi connectivity index (χ0n) is 12.9. The first-order valence-corrected chi connectivity index (χ1v) is 8.13. The monoisotopic (exact) mass is 308 g/mol. The Bertz CT molecular complexity index is 729. The predicted octanol–water partition coefficient (Wildman–Crippen LogP) is 1.97. The van der Waals surface area contributed by atoms with Crippen molar-refractivity contribution in [3.8, 4) is 11.1 Å². The van der Waals surface area contributed by atoms with Crippen LogP contribution in [0.5, 0.6) is 0 Å². The van der Waals surface area contributed by atoms with Gasteiger partial charge in [-0.15, -0.1) is 0 Å². The number of hydrogen-bond donors (Lipinski definition) is 2. The van der Waals surface area contributed by atoms with Crippen LogP contribution in [-0.2, 0) is 11.2 Å². The van der Waals surface area contributed by atoms with Gasteiger partial charge in [0.1, 0.15) is 0 Å². The van der Waals surface area contributed by atoms with Gasteiger partial charge < -0.3 is 15.3 Å². The molecule has 4 rings (SSSR count). The molecule has 0 unspecified atom stereocenters. The van der Waals surface area contributed by atoms with E-state index in [1.807, 2.05) is 29.2 Å². The van der Waals surface area contributed by atoms with Crippen molar-refractivity contribution < 1.29 is 9.90 Å². The molecule has 0 spiro atoms. The molecule has 2 heterocycles. The number of anilines is 1. The molecule has 1 saturated heterocycles. The highest BCUT2D eigenvalue weighted by molar-refractivity contribution is 5.99. The number of hydrogen-bond acceptors (Lipinski definition) is 3. The second-order valence-electron chi connectivity index (χ2n) is 6.30. The molecule has 0 radical (unpaired) electrons. The Morgan fingerprint density at radius 2 is 1.96 bits per heavy atom. The fraction of sp³-hybridized carbons (Fsp3) is 0.316. The summed E-state index contributed by atoms with van der Waals surface area (Å²) in [6.45, 7) is 1.23. The van der Waals surface area contributed by atoms with Crippen LogP contribution in [0.3, 0.4) is 0 Å². The van der Waals surface area contributed by atoms with Crippen LogP contribution in [0.4, 0.5) is 5.69 Å². The largest absolute Gasteiger partial charge is 0.392 e. The van der Waals surface area contributed by atoms with Gasteiger partial charge in [0.2, 0.25) is 5.91 Å². The van der Waals surface area contributed by atoms with Crippen LogP contribution in [0.1, 0.15) is 12.0 Å². The molecule has 0 saturated carbocycles. The first-order valence-electron chi connectivity index (χ1n) is 8.13. The zero-order chi connectivity index (χ0) is 15.8. The minimum atomic E-state index is -0.411. The van der Waals surface area contributed by atoms with Gasteiger partial charge in [0.25, 0.3) is 0 Å². The maximum atomic E-state index is 12.7. The topological polar surface area (TPSA) is 52.6 Å². The van der Waals surface area contributed by atoms with Gasteiger partial charge in [-0.2, -0.15) is 0 Å². The molecule has 4 heteroatoms. The zero-order valence-corrected chi connectivity index (χ0v) is 12.9. The van der Waals surface area contributed by atoms with Crippen molar-refractivity contribution in [2.75, 3.05) is 18.0 Å². The molecule has 118 valence electrons. The molecule has 0 aliphatic carbocycles. The van der Waals surface area contributed by atoms with Gasteiger partial charge in [-0.3, -0.25) is 4.79 Å². The number of aliphatic hydroxyl groups excluding tert-OH is 1. The molecule has 0 aromatic heterocycles. The van der Waals surface area contributed by atoms with E-state index in [-0.39, 0.29) is 11.9 Å². The molecule has 23 heavy (non-hydrogen) atoms. The highest BCUT2D eigenvalue weighted by Gasteiger charge is 2.34. The number of nitrogens with one attached hydrogen (secondary N) is 1. The second kappa shape index (κ2) is 5.80. The number of fused-ring (bicyclic) bond motifs is 1. The van der Waals surface area contributed by atoms with Crippen LogP contribution in [-0.4, -0.2) is 36.2 Å². The number of benzene rings is 2. The Morgan fingerprint density at radius 3 is 2.70 bits per heavy atom. The molecule has 2 N–H and O–H groups in total. The van der Waals surface area contributed by atoms with Crippen molar-refractivity contribution >= 4 is 11.6 Å². The van der Waals surface area contributed by atoms with Crippen molar-refractivity contribution in [1.29, 1.82) is 0 Å². The van der Waals surface area contributed by atoms with Crippen LogP contribution in [0, 0.1) is 0 Å². The van der Waals surface area contributed by atoms with Crippen molar-refractivity contribution in [3.63, 3.8) is 0 Å². The molecule has 4 nitrogen and oxygen atoms in total.